The predicted molar refractivity (Wildman–Crippen MR) is 297 cm³/mol. The van der Waals surface area contributed by atoms with Crippen molar-refractivity contribution in [3.63, 3.8) is 0 Å². The highest BCUT2D eigenvalue weighted by molar-refractivity contribution is 5.70. The number of unbranched alkanes of at least 4 members (excludes halogenated alkanes) is 31. The molecule has 0 aromatic heterocycles. The summed E-state index contributed by atoms with van der Waals surface area (Å²) in [6, 6.07) is 0. The largest absolute Gasteiger partial charge is 0.462 e. The molecule has 0 bridgehead atoms. The zero-order valence-corrected chi connectivity index (χ0v) is 45.4. The van der Waals surface area contributed by atoms with Crippen molar-refractivity contribution >= 4 is 11.9 Å². The maximum atomic E-state index is 12.8. The zero-order chi connectivity index (χ0) is 49.2. The van der Waals surface area contributed by atoms with E-state index in [4.69, 9.17) is 14.2 Å². The molecule has 1 unspecified atom stereocenters. The maximum Gasteiger partial charge on any atom is 0.306 e. The lowest BCUT2D eigenvalue weighted by molar-refractivity contribution is -0.163. The van der Waals surface area contributed by atoms with Gasteiger partial charge in [0.15, 0.2) is 6.10 Å². The molecular formula is C63H112O5. The first-order valence-corrected chi connectivity index (χ1v) is 29.5. The molecule has 0 saturated carbocycles. The standard InChI is InChI=1S/C63H112O5/c1-4-7-10-13-16-19-22-25-27-29-31-33-35-37-40-43-46-49-52-55-58-66-59-61(68-63(65)57-54-51-48-45-42-38-24-21-18-15-12-9-6-3)60-67-62(64)56-53-50-47-44-41-39-36-34-32-30-28-26-23-20-17-14-11-8-5-2/h8,11,17,20-21,24-28,32,34,61H,4-7,9-10,12-16,18-19,22-23,29-31,33,35-60H2,1-3H3/b11-8-,20-17-,24-21-,27-25-,28-26-,34-32-. The van der Waals surface area contributed by atoms with E-state index in [9.17, 15) is 9.59 Å². The highest BCUT2D eigenvalue weighted by Crippen LogP contribution is 2.15. The first kappa shape index (κ1) is 65.3. The van der Waals surface area contributed by atoms with Crippen LogP contribution < -0.4 is 0 Å². The van der Waals surface area contributed by atoms with Crippen molar-refractivity contribution in [2.75, 3.05) is 19.8 Å². The summed E-state index contributed by atoms with van der Waals surface area (Å²) in [5.74, 6) is -0.416. The Morgan fingerprint density at radius 1 is 0.338 bits per heavy atom. The molecule has 5 nitrogen and oxygen atoms in total. The van der Waals surface area contributed by atoms with Crippen LogP contribution in [0.5, 0.6) is 0 Å². The van der Waals surface area contributed by atoms with Gasteiger partial charge in [0.05, 0.1) is 6.61 Å². The smallest absolute Gasteiger partial charge is 0.306 e. The van der Waals surface area contributed by atoms with E-state index in [-0.39, 0.29) is 25.2 Å². The van der Waals surface area contributed by atoms with Crippen LogP contribution in [0, 0.1) is 0 Å². The molecule has 0 aliphatic rings. The molecule has 0 amide bonds. The Hall–Kier alpha value is -2.66. The number of carbonyl (C=O) groups is 2. The Bertz CT molecular complexity index is 1210. The van der Waals surface area contributed by atoms with Gasteiger partial charge in [-0.05, 0) is 109 Å². The van der Waals surface area contributed by atoms with Crippen molar-refractivity contribution in [3.8, 4) is 0 Å². The lowest BCUT2D eigenvalue weighted by Crippen LogP contribution is -2.30. The molecule has 0 aromatic rings. The summed E-state index contributed by atoms with van der Waals surface area (Å²) >= 11 is 0. The summed E-state index contributed by atoms with van der Waals surface area (Å²) in [5, 5.41) is 0. The Morgan fingerprint density at radius 2 is 0.662 bits per heavy atom. The average molecular weight is 950 g/mol. The van der Waals surface area contributed by atoms with Crippen molar-refractivity contribution in [1.82, 2.24) is 0 Å². The minimum Gasteiger partial charge on any atom is -0.462 e. The van der Waals surface area contributed by atoms with Crippen molar-refractivity contribution in [3.05, 3.63) is 72.9 Å². The molecule has 0 radical (unpaired) electrons. The molecule has 0 N–H and O–H groups in total. The lowest BCUT2D eigenvalue weighted by atomic mass is 10.1. The number of rotatable bonds is 54. The van der Waals surface area contributed by atoms with Crippen LogP contribution in [0.1, 0.15) is 290 Å². The third kappa shape index (κ3) is 55.9. The van der Waals surface area contributed by atoms with Gasteiger partial charge in [-0.1, -0.05) is 241 Å². The number of hydrogen-bond acceptors (Lipinski definition) is 5. The first-order valence-electron chi connectivity index (χ1n) is 29.5. The molecule has 0 fully saturated rings. The SMILES string of the molecule is CC/C=C\C/C=C\C/C=C\C/C=C\CCCCCCCCC(=O)OCC(COCCCCCCCCCCCC/C=C\CCCCCCCC)OC(=O)CCCCCCC/C=C\CCCCCC. The number of esters is 2. The van der Waals surface area contributed by atoms with Crippen molar-refractivity contribution in [2.24, 2.45) is 0 Å². The van der Waals surface area contributed by atoms with Crippen LogP contribution in [0.2, 0.25) is 0 Å². The molecular weight excluding hydrogens is 837 g/mol. The van der Waals surface area contributed by atoms with Gasteiger partial charge in [0.25, 0.3) is 0 Å². The van der Waals surface area contributed by atoms with Gasteiger partial charge in [0.2, 0.25) is 0 Å². The van der Waals surface area contributed by atoms with Gasteiger partial charge in [0, 0.05) is 19.4 Å². The van der Waals surface area contributed by atoms with Gasteiger partial charge in [0.1, 0.15) is 6.61 Å². The molecule has 1 atom stereocenters. The first-order chi connectivity index (χ1) is 33.6. The predicted octanol–water partition coefficient (Wildman–Crippen LogP) is 20.2. The van der Waals surface area contributed by atoms with Crippen LogP contribution in [0.15, 0.2) is 72.9 Å². The molecule has 0 rings (SSSR count). The second kappa shape index (κ2) is 58.7. The van der Waals surface area contributed by atoms with Crippen LogP contribution in [0.3, 0.4) is 0 Å². The Kier molecular flexibility index (Phi) is 56.4. The molecule has 0 aliphatic heterocycles. The van der Waals surface area contributed by atoms with Gasteiger partial charge in [-0.3, -0.25) is 9.59 Å². The summed E-state index contributed by atoms with van der Waals surface area (Å²) in [4.78, 5) is 25.5. The van der Waals surface area contributed by atoms with Gasteiger partial charge in [-0.2, -0.15) is 0 Å². The van der Waals surface area contributed by atoms with Gasteiger partial charge >= 0.3 is 11.9 Å². The average Bonchev–Trinajstić information content (AvgIpc) is 3.34. The monoisotopic (exact) mass is 949 g/mol. The molecule has 0 spiro atoms. The highest BCUT2D eigenvalue weighted by Gasteiger charge is 2.17. The minimum absolute atomic E-state index is 0.0734. The van der Waals surface area contributed by atoms with Crippen molar-refractivity contribution in [2.45, 2.75) is 297 Å². The summed E-state index contributed by atoms with van der Waals surface area (Å²) in [5.41, 5.74) is 0. The van der Waals surface area contributed by atoms with E-state index in [1.54, 1.807) is 0 Å². The second-order valence-corrected chi connectivity index (χ2v) is 19.5. The molecule has 68 heavy (non-hydrogen) atoms. The Morgan fingerprint density at radius 3 is 1.09 bits per heavy atom. The fraction of sp³-hybridized carbons (Fsp3) is 0.778. The van der Waals surface area contributed by atoms with E-state index in [0.717, 1.165) is 89.9 Å². The van der Waals surface area contributed by atoms with Crippen LogP contribution >= 0.6 is 0 Å². The van der Waals surface area contributed by atoms with Gasteiger partial charge < -0.3 is 14.2 Å². The highest BCUT2D eigenvalue weighted by atomic mass is 16.6. The molecule has 0 aromatic carbocycles. The molecule has 0 saturated heterocycles. The Labute approximate surface area is 423 Å². The minimum atomic E-state index is -0.550. The van der Waals surface area contributed by atoms with Gasteiger partial charge in [-0.25, -0.2) is 0 Å². The summed E-state index contributed by atoms with van der Waals surface area (Å²) in [7, 11) is 0. The van der Waals surface area contributed by atoms with E-state index in [1.807, 2.05) is 0 Å². The Balaban J connectivity index is 4.26. The number of carbonyl (C=O) groups excluding carboxylic acids is 2. The number of ether oxygens (including phenoxy) is 3. The topological polar surface area (TPSA) is 61.8 Å². The van der Waals surface area contributed by atoms with E-state index in [1.165, 1.54) is 167 Å². The van der Waals surface area contributed by atoms with Crippen LogP contribution in [0.25, 0.3) is 0 Å². The molecule has 0 aliphatic carbocycles. The summed E-state index contributed by atoms with van der Waals surface area (Å²) in [6.07, 6.45) is 76.4. The summed E-state index contributed by atoms with van der Waals surface area (Å²) < 4.78 is 17.5. The second-order valence-electron chi connectivity index (χ2n) is 19.5. The number of hydrogen-bond donors (Lipinski definition) is 0. The van der Waals surface area contributed by atoms with E-state index in [2.05, 4.69) is 93.7 Å². The third-order valence-electron chi connectivity index (χ3n) is 12.7. The van der Waals surface area contributed by atoms with Crippen LogP contribution in [-0.2, 0) is 23.8 Å². The van der Waals surface area contributed by atoms with E-state index < -0.39 is 6.10 Å². The zero-order valence-electron chi connectivity index (χ0n) is 45.4. The van der Waals surface area contributed by atoms with Gasteiger partial charge in [-0.15, -0.1) is 0 Å². The van der Waals surface area contributed by atoms with Crippen molar-refractivity contribution in [1.29, 1.82) is 0 Å². The maximum absolute atomic E-state index is 12.8. The van der Waals surface area contributed by atoms with E-state index in [0.29, 0.717) is 19.4 Å². The van der Waals surface area contributed by atoms with E-state index >= 15 is 0 Å². The third-order valence-corrected chi connectivity index (χ3v) is 12.7. The van der Waals surface area contributed by atoms with Crippen molar-refractivity contribution < 1.29 is 23.8 Å². The fourth-order valence-electron chi connectivity index (χ4n) is 8.32. The van der Waals surface area contributed by atoms with Crippen LogP contribution in [0.4, 0.5) is 0 Å². The normalized spacial score (nSPS) is 12.7. The molecule has 394 valence electrons. The molecule has 5 heteroatoms. The molecule has 0 heterocycles. The number of allylic oxidation sites excluding steroid dienone is 12. The fourth-order valence-corrected chi connectivity index (χ4v) is 8.32. The quantitative estimate of drug-likeness (QED) is 0.0345. The van der Waals surface area contributed by atoms with Crippen LogP contribution in [-0.4, -0.2) is 37.9 Å². The lowest BCUT2D eigenvalue weighted by Gasteiger charge is -2.18. The summed E-state index contributed by atoms with van der Waals surface area (Å²) in [6.45, 7) is 7.70.